The molecule has 6 nitrogen and oxygen atoms in total. The number of nitrogens with zero attached hydrogens (tertiary/aromatic N) is 3. The monoisotopic (exact) mass is 227 g/mol. The van der Waals surface area contributed by atoms with Gasteiger partial charge in [0.05, 0.1) is 18.1 Å². The number of nitrogens with one attached hydrogen (secondary N) is 2. The third kappa shape index (κ3) is 2.13. The highest BCUT2D eigenvalue weighted by Gasteiger charge is 2.05. The first-order chi connectivity index (χ1) is 8.24. The van der Waals surface area contributed by atoms with Gasteiger partial charge in [-0.1, -0.05) is 0 Å². The van der Waals surface area contributed by atoms with Crippen molar-refractivity contribution in [1.29, 1.82) is 5.26 Å². The zero-order valence-electron chi connectivity index (χ0n) is 9.06. The summed E-state index contributed by atoms with van der Waals surface area (Å²) in [4.78, 5) is 22.0. The van der Waals surface area contributed by atoms with Crippen molar-refractivity contribution < 1.29 is 0 Å². The minimum atomic E-state index is -0.408. The number of H-pyrrole nitrogens is 1. The molecule has 2 aromatic rings. The Morgan fingerprint density at radius 2 is 2.29 bits per heavy atom. The summed E-state index contributed by atoms with van der Waals surface area (Å²) in [6.07, 6.45) is 4.66. The maximum Gasteiger partial charge on any atom is 0.265 e. The number of aromatic amines is 1. The third-order valence-corrected chi connectivity index (χ3v) is 2.21. The van der Waals surface area contributed by atoms with Gasteiger partial charge in [-0.25, -0.2) is 4.98 Å². The van der Waals surface area contributed by atoms with E-state index in [0.717, 1.165) is 0 Å². The number of hydrogen-bond donors (Lipinski definition) is 2. The number of nitriles is 1. The maximum atomic E-state index is 11.2. The molecule has 0 unspecified atom stereocenters. The lowest BCUT2D eigenvalue weighted by molar-refractivity contribution is 1.16. The maximum absolute atomic E-state index is 11.2. The van der Waals surface area contributed by atoms with Crippen molar-refractivity contribution in [2.75, 3.05) is 12.4 Å². The van der Waals surface area contributed by atoms with Crippen molar-refractivity contribution in [3.8, 4) is 17.3 Å². The van der Waals surface area contributed by atoms with Crippen molar-refractivity contribution in [2.45, 2.75) is 0 Å². The van der Waals surface area contributed by atoms with Crippen LogP contribution in [0.15, 0.2) is 29.5 Å². The highest BCUT2D eigenvalue weighted by molar-refractivity contribution is 5.60. The second-order valence-corrected chi connectivity index (χ2v) is 3.28. The van der Waals surface area contributed by atoms with Crippen LogP contribution in [0.1, 0.15) is 5.56 Å². The van der Waals surface area contributed by atoms with Gasteiger partial charge in [0.2, 0.25) is 0 Å². The van der Waals surface area contributed by atoms with Gasteiger partial charge in [-0.15, -0.1) is 0 Å². The summed E-state index contributed by atoms with van der Waals surface area (Å²) >= 11 is 0. The van der Waals surface area contributed by atoms with E-state index in [2.05, 4.69) is 20.3 Å². The first-order valence-corrected chi connectivity index (χ1v) is 4.87. The molecule has 2 heterocycles. The minimum absolute atomic E-state index is 0.0548. The first-order valence-electron chi connectivity index (χ1n) is 4.87. The van der Waals surface area contributed by atoms with Crippen LogP contribution in [-0.2, 0) is 0 Å². The van der Waals surface area contributed by atoms with E-state index >= 15 is 0 Å². The molecule has 0 fully saturated rings. The van der Waals surface area contributed by atoms with Gasteiger partial charge in [-0.3, -0.25) is 9.78 Å². The second-order valence-electron chi connectivity index (χ2n) is 3.28. The smallest absolute Gasteiger partial charge is 0.265 e. The molecule has 2 aromatic heterocycles. The molecular formula is C11H9N5O. The molecule has 84 valence electrons. The molecule has 0 aliphatic heterocycles. The Kier molecular flexibility index (Phi) is 2.83. The lowest BCUT2D eigenvalue weighted by Crippen LogP contribution is -2.09. The van der Waals surface area contributed by atoms with Crippen LogP contribution < -0.4 is 10.9 Å². The van der Waals surface area contributed by atoms with E-state index in [0.29, 0.717) is 17.1 Å². The summed E-state index contributed by atoms with van der Waals surface area (Å²) in [6.45, 7) is 0. The Morgan fingerprint density at radius 1 is 1.47 bits per heavy atom. The topological polar surface area (TPSA) is 94.5 Å². The van der Waals surface area contributed by atoms with E-state index in [4.69, 9.17) is 5.26 Å². The van der Waals surface area contributed by atoms with Crippen molar-refractivity contribution in [3.63, 3.8) is 0 Å². The van der Waals surface area contributed by atoms with Crippen molar-refractivity contribution in [2.24, 2.45) is 0 Å². The lowest BCUT2D eigenvalue weighted by Gasteiger charge is -2.03. The van der Waals surface area contributed by atoms with Crippen LogP contribution in [0.5, 0.6) is 0 Å². The predicted molar refractivity (Wildman–Crippen MR) is 62.4 cm³/mol. The Balaban J connectivity index is 2.53. The summed E-state index contributed by atoms with van der Waals surface area (Å²) in [7, 11) is 1.74. The molecule has 0 spiro atoms. The summed E-state index contributed by atoms with van der Waals surface area (Å²) in [5.41, 5.74) is 0.878. The second kappa shape index (κ2) is 4.45. The van der Waals surface area contributed by atoms with Gasteiger partial charge in [0.15, 0.2) is 0 Å². The molecule has 0 aliphatic rings. The standard InChI is InChI=1S/C11H9N5O/c1-13-10-6-14-5-9(16-10)8-2-7(3-12)11(17)15-4-8/h2,4-6H,1H3,(H,13,16)(H,15,17). The number of pyridine rings is 1. The van der Waals surface area contributed by atoms with Crippen LogP contribution in [0.25, 0.3) is 11.3 Å². The average molecular weight is 227 g/mol. The quantitative estimate of drug-likeness (QED) is 0.789. The van der Waals surface area contributed by atoms with Crippen LogP contribution in [-0.4, -0.2) is 22.0 Å². The SMILES string of the molecule is CNc1cncc(-c2c[nH]c(=O)c(C#N)c2)n1. The van der Waals surface area contributed by atoms with Crippen LogP contribution in [0, 0.1) is 11.3 Å². The van der Waals surface area contributed by atoms with Gasteiger partial charge in [0.1, 0.15) is 17.5 Å². The number of rotatable bonds is 2. The summed E-state index contributed by atoms with van der Waals surface area (Å²) in [5.74, 6) is 0.618. The molecule has 0 bridgehead atoms. The first kappa shape index (κ1) is 10.8. The summed E-state index contributed by atoms with van der Waals surface area (Å²) in [5, 5.41) is 11.6. The molecule has 0 saturated heterocycles. The van der Waals surface area contributed by atoms with Gasteiger partial charge in [-0.2, -0.15) is 5.26 Å². The fourth-order valence-corrected chi connectivity index (χ4v) is 1.34. The van der Waals surface area contributed by atoms with Gasteiger partial charge >= 0.3 is 0 Å². The van der Waals surface area contributed by atoms with Crippen molar-refractivity contribution >= 4 is 5.82 Å². The summed E-state index contributed by atoms with van der Waals surface area (Å²) < 4.78 is 0. The van der Waals surface area contributed by atoms with E-state index in [1.807, 2.05) is 6.07 Å². The number of hydrogen-bond acceptors (Lipinski definition) is 5. The zero-order valence-corrected chi connectivity index (χ0v) is 9.06. The molecule has 2 rings (SSSR count). The van der Waals surface area contributed by atoms with Gasteiger partial charge in [-0.05, 0) is 6.07 Å². The fourth-order valence-electron chi connectivity index (χ4n) is 1.34. The van der Waals surface area contributed by atoms with Crippen LogP contribution in [0.3, 0.4) is 0 Å². The van der Waals surface area contributed by atoms with Crippen LogP contribution in [0.4, 0.5) is 5.82 Å². The van der Waals surface area contributed by atoms with Crippen LogP contribution >= 0.6 is 0 Å². The Labute approximate surface area is 97.0 Å². The Morgan fingerprint density at radius 3 is 3.00 bits per heavy atom. The molecule has 0 atom stereocenters. The molecule has 0 aromatic carbocycles. The molecule has 6 heteroatoms. The summed E-state index contributed by atoms with van der Waals surface area (Å²) in [6, 6.07) is 3.31. The largest absolute Gasteiger partial charge is 0.372 e. The Hall–Kier alpha value is -2.68. The Bertz CT molecular complexity index is 641. The molecule has 17 heavy (non-hydrogen) atoms. The fraction of sp³-hybridized carbons (Fsp3) is 0.0909. The average Bonchev–Trinajstić information content (AvgIpc) is 2.39. The van der Waals surface area contributed by atoms with E-state index in [1.165, 1.54) is 12.3 Å². The highest BCUT2D eigenvalue weighted by Crippen LogP contribution is 2.16. The third-order valence-electron chi connectivity index (χ3n) is 2.21. The van der Waals surface area contributed by atoms with E-state index in [1.54, 1.807) is 19.4 Å². The van der Waals surface area contributed by atoms with Gasteiger partial charge in [0, 0.05) is 18.8 Å². The molecule has 0 saturated carbocycles. The number of aromatic nitrogens is 3. The van der Waals surface area contributed by atoms with E-state index < -0.39 is 5.56 Å². The molecule has 2 N–H and O–H groups in total. The van der Waals surface area contributed by atoms with Crippen molar-refractivity contribution in [3.05, 3.63) is 40.6 Å². The van der Waals surface area contributed by atoms with Gasteiger partial charge < -0.3 is 10.3 Å². The number of anilines is 1. The lowest BCUT2D eigenvalue weighted by atomic mass is 10.1. The highest BCUT2D eigenvalue weighted by atomic mass is 16.1. The zero-order chi connectivity index (χ0) is 12.3. The minimum Gasteiger partial charge on any atom is -0.372 e. The predicted octanol–water partition coefficient (Wildman–Crippen LogP) is 0.745. The molecule has 0 radical (unpaired) electrons. The van der Waals surface area contributed by atoms with E-state index in [9.17, 15) is 4.79 Å². The normalized spacial score (nSPS) is 9.65. The van der Waals surface area contributed by atoms with Crippen LogP contribution in [0.2, 0.25) is 0 Å². The van der Waals surface area contributed by atoms with E-state index in [-0.39, 0.29) is 5.56 Å². The molecular weight excluding hydrogens is 218 g/mol. The molecule has 0 aliphatic carbocycles. The molecule has 0 amide bonds. The van der Waals surface area contributed by atoms with Crippen molar-refractivity contribution in [1.82, 2.24) is 15.0 Å². The van der Waals surface area contributed by atoms with Gasteiger partial charge in [0.25, 0.3) is 5.56 Å².